The summed E-state index contributed by atoms with van der Waals surface area (Å²) in [4.78, 5) is 10.4. The van der Waals surface area contributed by atoms with E-state index in [1.807, 2.05) is 0 Å². The Morgan fingerprint density at radius 2 is 2.30 bits per heavy atom. The Labute approximate surface area is 118 Å². The second-order valence-electron chi connectivity index (χ2n) is 5.03. The summed E-state index contributed by atoms with van der Waals surface area (Å²) in [5.41, 5.74) is 0.927. The van der Waals surface area contributed by atoms with Gasteiger partial charge in [0, 0.05) is 24.2 Å². The van der Waals surface area contributed by atoms with E-state index < -0.39 is 0 Å². The zero-order chi connectivity index (χ0) is 14.4. The number of nitrogens with one attached hydrogen (secondary N) is 1. The number of hydrogen-bond donors (Lipinski definition) is 1. The molecule has 0 saturated carbocycles. The molecule has 2 rings (SSSR count). The second-order valence-corrected chi connectivity index (χ2v) is 5.03. The van der Waals surface area contributed by atoms with Gasteiger partial charge in [-0.1, -0.05) is 12.2 Å². The third kappa shape index (κ3) is 3.81. The third-order valence-electron chi connectivity index (χ3n) is 3.60. The van der Waals surface area contributed by atoms with E-state index in [0.29, 0.717) is 18.2 Å². The molecule has 20 heavy (non-hydrogen) atoms. The lowest BCUT2D eigenvalue weighted by atomic mass is 9.94. The SMILES string of the molecule is COc1ccc([N+](=O)[O-])cc1CNCC1CC=CCC1. The number of nitro groups is 1. The van der Waals surface area contributed by atoms with Gasteiger partial charge in [0.25, 0.3) is 5.69 Å². The molecule has 1 aromatic carbocycles. The van der Waals surface area contributed by atoms with Gasteiger partial charge in [0.15, 0.2) is 0 Å². The average molecular weight is 276 g/mol. The van der Waals surface area contributed by atoms with Crippen molar-refractivity contribution in [1.29, 1.82) is 0 Å². The molecule has 1 atom stereocenters. The summed E-state index contributed by atoms with van der Waals surface area (Å²) in [6.07, 6.45) is 7.91. The molecule has 0 heterocycles. The summed E-state index contributed by atoms with van der Waals surface area (Å²) in [6, 6.07) is 4.69. The summed E-state index contributed by atoms with van der Waals surface area (Å²) < 4.78 is 5.25. The summed E-state index contributed by atoms with van der Waals surface area (Å²) in [5.74, 6) is 1.34. The predicted octanol–water partition coefficient (Wildman–Crippen LogP) is 3.05. The van der Waals surface area contributed by atoms with Crippen LogP contribution in [0.1, 0.15) is 24.8 Å². The normalized spacial score (nSPS) is 17.9. The molecule has 1 unspecified atom stereocenters. The van der Waals surface area contributed by atoms with Crippen molar-refractivity contribution in [1.82, 2.24) is 5.32 Å². The number of non-ortho nitro benzene ring substituents is 1. The van der Waals surface area contributed by atoms with Gasteiger partial charge in [0.2, 0.25) is 0 Å². The Morgan fingerprint density at radius 3 is 2.95 bits per heavy atom. The Bertz CT molecular complexity index is 500. The largest absolute Gasteiger partial charge is 0.496 e. The minimum atomic E-state index is -0.380. The molecule has 1 aliphatic rings. The van der Waals surface area contributed by atoms with Crippen molar-refractivity contribution in [2.75, 3.05) is 13.7 Å². The number of ether oxygens (including phenoxy) is 1. The molecule has 1 N–H and O–H groups in total. The van der Waals surface area contributed by atoms with Gasteiger partial charge < -0.3 is 10.1 Å². The number of benzene rings is 1. The molecule has 0 bridgehead atoms. The second kappa shape index (κ2) is 7.05. The van der Waals surface area contributed by atoms with E-state index in [2.05, 4.69) is 17.5 Å². The minimum Gasteiger partial charge on any atom is -0.496 e. The fraction of sp³-hybridized carbons (Fsp3) is 0.467. The highest BCUT2D eigenvalue weighted by molar-refractivity contribution is 5.43. The van der Waals surface area contributed by atoms with Crippen molar-refractivity contribution in [3.63, 3.8) is 0 Å². The Kier molecular flexibility index (Phi) is 5.12. The van der Waals surface area contributed by atoms with E-state index in [4.69, 9.17) is 4.74 Å². The van der Waals surface area contributed by atoms with Gasteiger partial charge in [-0.25, -0.2) is 0 Å². The van der Waals surface area contributed by atoms with Gasteiger partial charge in [-0.05, 0) is 37.8 Å². The van der Waals surface area contributed by atoms with Crippen LogP contribution in [0.4, 0.5) is 5.69 Å². The van der Waals surface area contributed by atoms with Crippen LogP contribution in [0.3, 0.4) is 0 Å². The van der Waals surface area contributed by atoms with Crippen molar-refractivity contribution in [3.05, 3.63) is 46.0 Å². The highest BCUT2D eigenvalue weighted by atomic mass is 16.6. The van der Waals surface area contributed by atoms with Crippen molar-refractivity contribution in [3.8, 4) is 5.75 Å². The molecule has 5 heteroatoms. The Balaban J connectivity index is 1.94. The first kappa shape index (κ1) is 14.5. The Hall–Kier alpha value is -1.88. The molecule has 0 saturated heterocycles. The van der Waals surface area contributed by atoms with Crippen LogP contribution in [-0.2, 0) is 6.54 Å². The van der Waals surface area contributed by atoms with Crippen molar-refractivity contribution in [2.24, 2.45) is 5.92 Å². The predicted molar refractivity (Wildman–Crippen MR) is 77.8 cm³/mol. The lowest BCUT2D eigenvalue weighted by molar-refractivity contribution is -0.384. The van der Waals surface area contributed by atoms with Gasteiger partial charge in [-0.3, -0.25) is 10.1 Å². The number of rotatable bonds is 6. The van der Waals surface area contributed by atoms with E-state index in [1.54, 1.807) is 19.2 Å². The molecule has 0 amide bonds. The quantitative estimate of drug-likeness (QED) is 0.493. The third-order valence-corrected chi connectivity index (χ3v) is 3.60. The van der Waals surface area contributed by atoms with Crippen LogP contribution in [0, 0.1) is 16.0 Å². The maximum absolute atomic E-state index is 10.8. The molecule has 0 aliphatic heterocycles. The summed E-state index contributed by atoms with van der Waals surface area (Å²) in [5, 5.41) is 14.2. The van der Waals surface area contributed by atoms with Crippen LogP contribution in [0.15, 0.2) is 30.4 Å². The van der Waals surface area contributed by atoms with Crippen LogP contribution >= 0.6 is 0 Å². The van der Waals surface area contributed by atoms with E-state index >= 15 is 0 Å². The number of allylic oxidation sites excluding steroid dienone is 2. The van der Waals surface area contributed by atoms with Crippen molar-refractivity contribution < 1.29 is 9.66 Å². The van der Waals surface area contributed by atoms with Crippen LogP contribution in [0.25, 0.3) is 0 Å². The topological polar surface area (TPSA) is 64.4 Å². The monoisotopic (exact) mass is 276 g/mol. The first-order valence-electron chi connectivity index (χ1n) is 6.87. The van der Waals surface area contributed by atoms with E-state index in [1.165, 1.54) is 12.5 Å². The maximum Gasteiger partial charge on any atom is 0.270 e. The number of hydrogen-bond acceptors (Lipinski definition) is 4. The van der Waals surface area contributed by atoms with Crippen molar-refractivity contribution >= 4 is 5.69 Å². The van der Waals surface area contributed by atoms with Crippen LogP contribution < -0.4 is 10.1 Å². The molecule has 1 aliphatic carbocycles. The number of methoxy groups -OCH3 is 1. The Morgan fingerprint density at radius 1 is 1.45 bits per heavy atom. The molecule has 0 spiro atoms. The average Bonchev–Trinajstić information content (AvgIpc) is 2.48. The van der Waals surface area contributed by atoms with Gasteiger partial charge in [0.05, 0.1) is 12.0 Å². The fourth-order valence-electron chi connectivity index (χ4n) is 2.47. The lowest BCUT2D eigenvalue weighted by Gasteiger charge is -2.18. The summed E-state index contributed by atoms with van der Waals surface area (Å²) >= 11 is 0. The van der Waals surface area contributed by atoms with Gasteiger partial charge in [-0.15, -0.1) is 0 Å². The van der Waals surface area contributed by atoms with Crippen molar-refractivity contribution in [2.45, 2.75) is 25.8 Å². The molecule has 0 aromatic heterocycles. The van der Waals surface area contributed by atoms with E-state index in [9.17, 15) is 10.1 Å². The molecule has 5 nitrogen and oxygen atoms in total. The molecule has 0 radical (unpaired) electrons. The van der Waals surface area contributed by atoms with Crippen LogP contribution in [0.5, 0.6) is 5.75 Å². The van der Waals surface area contributed by atoms with E-state index in [0.717, 1.165) is 24.9 Å². The first-order valence-corrected chi connectivity index (χ1v) is 6.87. The van der Waals surface area contributed by atoms with Crippen LogP contribution in [-0.4, -0.2) is 18.6 Å². The lowest BCUT2D eigenvalue weighted by Crippen LogP contribution is -2.23. The smallest absolute Gasteiger partial charge is 0.270 e. The number of nitrogens with zero attached hydrogens (tertiary/aromatic N) is 1. The van der Waals surface area contributed by atoms with Gasteiger partial charge in [0.1, 0.15) is 5.75 Å². The van der Waals surface area contributed by atoms with Gasteiger partial charge >= 0.3 is 0 Å². The number of nitro benzene ring substituents is 1. The molecular formula is C15H20N2O3. The summed E-state index contributed by atoms with van der Waals surface area (Å²) in [6.45, 7) is 1.52. The first-order chi connectivity index (χ1) is 9.70. The molecule has 108 valence electrons. The van der Waals surface area contributed by atoms with E-state index in [-0.39, 0.29) is 10.6 Å². The molecule has 1 aromatic rings. The highest BCUT2D eigenvalue weighted by Gasteiger charge is 2.13. The highest BCUT2D eigenvalue weighted by Crippen LogP contribution is 2.24. The fourth-order valence-corrected chi connectivity index (χ4v) is 2.47. The maximum atomic E-state index is 10.8. The molecule has 0 fully saturated rings. The van der Waals surface area contributed by atoms with Gasteiger partial charge in [-0.2, -0.15) is 0 Å². The zero-order valence-electron chi connectivity index (χ0n) is 11.7. The minimum absolute atomic E-state index is 0.100. The molecular weight excluding hydrogens is 256 g/mol. The van der Waals surface area contributed by atoms with Crippen LogP contribution in [0.2, 0.25) is 0 Å². The zero-order valence-corrected chi connectivity index (χ0v) is 11.7. The summed E-state index contributed by atoms with van der Waals surface area (Å²) in [7, 11) is 1.58. The standard InChI is InChI=1S/C15H20N2O3/c1-20-15-8-7-14(17(18)19)9-13(15)11-16-10-12-5-3-2-4-6-12/h2-3,7-9,12,16H,4-6,10-11H2,1H3.